The SMILES string of the molecule is CCOC(=O)CCCCCCC(=O)c1cccc(CN2CCC2)c1. The van der Waals surface area contributed by atoms with E-state index < -0.39 is 0 Å². The zero-order chi connectivity index (χ0) is 17.2. The smallest absolute Gasteiger partial charge is 0.305 e. The van der Waals surface area contributed by atoms with Crippen LogP contribution in [-0.2, 0) is 16.1 Å². The molecule has 0 aromatic heterocycles. The molecule has 0 amide bonds. The van der Waals surface area contributed by atoms with Gasteiger partial charge in [0.05, 0.1) is 6.61 Å². The van der Waals surface area contributed by atoms with Crippen LogP contribution in [0.1, 0.15) is 67.8 Å². The molecule has 0 bridgehead atoms. The maximum atomic E-state index is 12.3. The third kappa shape index (κ3) is 6.44. The Hall–Kier alpha value is -1.68. The number of hydrogen-bond acceptors (Lipinski definition) is 4. The highest BCUT2D eigenvalue weighted by atomic mass is 16.5. The molecule has 0 aliphatic carbocycles. The number of ether oxygens (including phenoxy) is 1. The van der Waals surface area contributed by atoms with Crippen LogP contribution in [0.3, 0.4) is 0 Å². The van der Waals surface area contributed by atoms with Gasteiger partial charge < -0.3 is 4.74 Å². The third-order valence-corrected chi connectivity index (χ3v) is 4.44. The Bertz CT molecular complexity index is 537. The minimum Gasteiger partial charge on any atom is -0.466 e. The van der Waals surface area contributed by atoms with Gasteiger partial charge in [-0.3, -0.25) is 14.5 Å². The largest absolute Gasteiger partial charge is 0.466 e. The molecule has 0 radical (unpaired) electrons. The van der Waals surface area contributed by atoms with Crippen LogP contribution in [0.5, 0.6) is 0 Å². The lowest BCUT2D eigenvalue weighted by Crippen LogP contribution is -2.36. The fourth-order valence-corrected chi connectivity index (χ4v) is 2.93. The number of rotatable bonds is 11. The van der Waals surface area contributed by atoms with Crippen LogP contribution in [0.15, 0.2) is 24.3 Å². The number of ketones is 1. The molecule has 2 rings (SSSR count). The van der Waals surface area contributed by atoms with Crippen molar-refractivity contribution in [2.24, 2.45) is 0 Å². The molecule has 0 N–H and O–H groups in total. The van der Waals surface area contributed by atoms with Crippen LogP contribution >= 0.6 is 0 Å². The minimum absolute atomic E-state index is 0.118. The Morgan fingerprint density at radius 2 is 1.83 bits per heavy atom. The van der Waals surface area contributed by atoms with Gasteiger partial charge in [0.2, 0.25) is 0 Å². The van der Waals surface area contributed by atoms with Crippen LogP contribution < -0.4 is 0 Å². The normalized spacial score (nSPS) is 14.2. The highest BCUT2D eigenvalue weighted by molar-refractivity contribution is 5.96. The molecule has 1 saturated heterocycles. The van der Waals surface area contributed by atoms with Gasteiger partial charge in [-0.2, -0.15) is 0 Å². The number of unbranched alkanes of at least 4 members (excludes halogenated alkanes) is 3. The van der Waals surface area contributed by atoms with Gasteiger partial charge in [0.25, 0.3) is 0 Å². The minimum atomic E-state index is -0.118. The van der Waals surface area contributed by atoms with Gasteiger partial charge in [0.15, 0.2) is 5.78 Å². The first kappa shape index (κ1) is 18.7. The summed E-state index contributed by atoms with van der Waals surface area (Å²) in [6, 6.07) is 8.05. The van der Waals surface area contributed by atoms with Gasteiger partial charge in [0, 0.05) is 24.9 Å². The van der Waals surface area contributed by atoms with Crippen molar-refractivity contribution in [1.82, 2.24) is 4.90 Å². The quantitative estimate of drug-likeness (QED) is 0.349. The molecule has 0 spiro atoms. The number of carbonyl (C=O) groups is 2. The number of likely N-dealkylation sites (tertiary alicyclic amines) is 1. The van der Waals surface area contributed by atoms with Crippen LogP contribution in [0.25, 0.3) is 0 Å². The van der Waals surface area contributed by atoms with Gasteiger partial charge in [-0.05, 0) is 50.9 Å². The zero-order valence-electron chi connectivity index (χ0n) is 14.8. The Morgan fingerprint density at radius 3 is 2.50 bits per heavy atom. The molecule has 4 nitrogen and oxygen atoms in total. The second-order valence-corrected chi connectivity index (χ2v) is 6.47. The fourth-order valence-electron chi connectivity index (χ4n) is 2.93. The molecule has 4 heteroatoms. The standard InChI is InChI=1S/C20H29NO3/c1-2-24-20(23)12-6-4-3-5-11-19(22)18-10-7-9-17(15-18)16-21-13-8-14-21/h7,9-10,15H,2-6,8,11-14,16H2,1H3. The van der Waals surface area contributed by atoms with E-state index in [1.54, 1.807) is 0 Å². The lowest BCUT2D eigenvalue weighted by atomic mass is 10.0. The Labute approximate surface area is 145 Å². The lowest BCUT2D eigenvalue weighted by molar-refractivity contribution is -0.143. The molecule has 0 atom stereocenters. The van der Waals surface area contributed by atoms with Crippen molar-refractivity contribution in [3.63, 3.8) is 0 Å². The van der Waals surface area contributed by atoms with Crippen molar-refractivity contribution >= 4 is 11.8 Å². The zero-order valence-corrected chi connectivity index (χ0v) is 14.8. The summed E-state index contributed by atoms with van der Waals surface area (Å²) in [7, 11) is 0. The summed E-state index contributed by atoms with van der Waals surface area (Å²) in [5.41, 5.74) is 2.06. The average Bonchev–Trinajstić information content (AvgIpc) is 2.54. The molecule has 1 aliphatic rings. The van der Waals surface area contributed by atoms with Gasteiger partial charge in [-0.15, -0.1) is 0 Å². The molecule has 0 unspecified atom stereocenters. The molecular formula is C20H29NO3. The van der Waals surface area contributed by atoms with Crippen molar-refractivity contribution in [2.45, 2.75) is 58.4 Å². The van der Waals surface area contributed by atoms with Crippen molar-refractivity contribution < 1.29 is 14.3 Å². The van der Waals surface area contributed by atoms with Crippen molar-refractivity contribution in [1.29, 1.82) is 0 Å². The Kier molecular flexibility index (Phi) is 7.96. The molecule has 132 valence electrons. The van der Waals surface area contributed by atoms with E-state index in [1.165, 1.54) is 25.1 Å². The molecular weight excluding hydrogens is 302 g/mol. The summed E-state index contributed by atoms with van der Waals surface area (Å²) < 4.78 is 4.90. The lowest BCUT2D eigenvalue weighted by Gasteiger charge is -2.30. The monoisotopic (exact) mass is 331 g/mol. The molecule has 0 saturated carbocycles. The van der Waals surface area contributed by atoms with Crippen LogP contribution in [-0.4, -0.2) is 36.3 Å². The first-order valence-corrected chi connectivity index (χ1v) is 9.19. The van der Waals surface area contributed by atoms with E-state index >= 15 is 0 Å². The Balaban J connectivity index is 1.63. The molecule has 1 fully saturated rings. The fraction of sp³-hybridized carbons (Fsp3) is 0.600. The van der Waals surface area contributed by atoms with E-state index in [4.69, 9.17) is 4.74 Å². The van der Waals surface area contributed by atoms with E-state index in [0.29, 0.717) is 19.4 Å². The highest BCUT2D eigenvalue weighted by Gasteiger charge is 2.14. The second kappa shape index (κ2) is 10.2. The second-order valence-electron chi connectivity index (χ2n) is 6.47. The maximum absolute atomic E-state index is 12.3. The van der Waals surface area contributed by atoms with E-state index in [1.807, 2.05) is 25.1 Å². The summed E-state index contributed by atoms with van der Waals surface area (Å²) in [4.78, 5) is 25.9. The summed E-state index contributed by atoms with van der Waals surface area (Å²) >= 11 is 0. The third-order valence-electron chi connectivity index (χ3n) is 4.44. The van der Waals surface area contributed by atoms with Crippen molar-refractivity contribution in [2.75, 3.05) is 19.7 Å². The predicted molar refractivity (Wildman–Crippen MR) is 95.0 cm³/mol. The number of nitrogens with zero attached hydrogens (tertiary/aromatic N) is 1. The number of esters is 1. The summed E-state index contributed by atoms with van der Waals surface area (Å²) in [6.07, 6.45) is 6.05. The topological polar surface area (TPSA) is 46.6 Å². The molecule has 1 heterocycles. The first-order chi connectivity index (χ1) is 11.7. The number of carbonyl (C=O) groups excluding carboxylic acids is 2. The number of benzene rings is 1. The molecule has 24 heavy (non-hydrogen) atoms. The Morgan fingerprint density at radius 1 is 1.08 bits per heavy atom. The number of hydrogen-bond donors (Lipinski definition) is 0. The predicted octanol–water partition coefficient (Wildman–Crippen LogP) is 3.98. The van der Waals surface area contributed by atoms with Crippen molar-refractivity contribution in [3.05, 3.63) is 35.4 Å². The maximum Gasteiger partial charge on any atom is 0.305 e. The van der Waals surface area contributed by atoms with E-state index in [9.17, 15) is 9.59 Å². The van der Waals surface area contributed by atoms with Gasteiger partial charge in [-0.25, -0.2) is 0 Å². The first-order valence-electron chi connectivity index (χ1n) is 9.19. The number of Topliss-reactive ketones (excluding diaryl/α,β-unsaturated/α-hetero) is 1. The summed E-state index contributed by atoms with van der Waals surface area (Å²) in [5, 5.41) is 0. The summed E-state index contributed by atoms with van der Waals surface area (Å²) in [5.74, 6) is 0.110. The molecule has 1 aromatic rings. The van der Waals surface area contributed by atoms with E-state index in [0.717, 1.165) is 37.8 Å². The summed E-state index contributed by atoms with van der Waals surface area (Å²) in [6.45, 7) is 5.56. The average molecular weight is 331 g/mol. The van der Waals surface area contributed by atoms with E-state index in [2.05, 4.69) is 11.0 Å². The highest BCUT2D eigenvalue weighted by Crippen LogP contribution is 2.16. The van der Waals surface area contributed by atoms with Gasteiger partial charge >= 0.3 is 5.97 Å². The molecule has 1 aromatic carbocycles. The van der Waals surface area contributed by atoms with Crippen LogP contribution in [0.4, 0.5) is 0 Å². The van der Waals surface area contributed by atoms with Crippen LogP contribution in [0.2, 0.25) is 0 Å². The van der Waals surface area contributed by atoms with Crippen LogP contribution in [0, 0.1) is 0 Å². The molecule has 1 aliphatic heterocycles. The van der Waals surface area contributed by atoms with Gasteiger partial charge in [-0.1, -0.05) is 31.0 Å². The van der Waals surface area contributed by atoms with Gasteiger partial charge in [0.1, 0.15) is 0 Å². The van der Waals surface area contributed by atoms with Crippen molar-refractivity contribution in [3.8, 4) is 0 Å². The van der Waals surface area contributed by atoms with E-state index in [-0.39, 0.29) is 11.8 Å².